The van der Waals surface area contributed by atoms with Crippen LogP contribution in [0.1, 0.15) is 23.2 Å². The van der Waals surface area contributed by atoms with E-state index in [4.69, 9.17) is 0 Å². The van der Waals surface area contributed by atoms with E-state index in [9.17, 15) is 9.90 Å². The number of hydrogen-bond acceptors (Lipinski definition) is 5. The molecule has 0 spiro atoms. The number of pyridine rings is 1. The number of carbonyl (C=O) groups is 1. The number of hydrogen-bond donors (Lipinski definition) is 2. The molecule has 1 aliphatic heterocycles. The van der Waals surface area contributed by atoms with Gasteiger partial charge in [-0.3, -0.25) is 4.79 Å². The molecule has 0 atom stereocenters. The van der Waals surface area contributed by atoms with Gasteiger partial charge in [-0.2, -0.15) is 0 Å². The molecule has 2 heterocycles. The number of nitrogens with one attached hydrogen (secondary N) is 1. The van der Waals surface area contributed by atoms with Gasteiger partial charge in [0.1, 0.15) is 5.03 Å². The van der Waals surface area contributed by atoms with Gasteiger partial charge in [0.15, 0.2) is 0 Å². The summed E-state index contributed by atoms with van der Waals surface area (Å²) in [4.78, 5) is 20.2. The van der Waals surface area contributed by atoms with E-state index in [1.165, 1.54) is 11.8 Å². The van der Waals surface area contributed by atoms with Gasteiger partial charge in [-0.1, -0.05) is 30.0 Å². The Morgan fingerprint density at radius 2 is 1.96 bits per heavy atom. The first-order valence-corrected chi connectivity index (χ1v) is 9.24. The highest BCUT2D eigenvalue weighted by molar-refractivity contribution is 7.99. The van der Waals surface area contributed by atoms with Gasteiger partial charge >= 0.3 is 0 Å². The summed E-state index contributed by atoms with van der Waals surface area (Å²) < 4.78 is 0. The van der Waals surface area contributed by atoms with Gasteiger partial charge < -0.3 is 15.3 Å². The van der Waals surface area contributed by atoms with Crippen LogP contribution >= 0.6 is 11.8 Å². The predicted molar refractivity (Wildman–Crippen MR) is 98.8 cm³/mol. The third-order valence-corrected chi connectivity index (χ3v) is 5.50. The van der Waals surface area contributed by atoms with Crippen molar-refractivity contribution in [1.29, 1.82) is 0 Å². The first kappa shape index (κ1) is 17.9. The highest BCUT2D eigenvalue weighted by Gasteiger charge is 2.31. The highest BCUT2D eigenvalue weighted by Crippen LogP contribution is 2.28. The molecule has 132 valence electrons. The first-order chi connectivity index (χ1) is 12.1. The Bertz CT molecular complexity index is 716. The van der Waals surface area contributed by atoms with Crippen LogP contribution in [-0.4, -0.2) is 53.2 Å². The molecular weight excluding hydrogens is 334 g/mol. The second kappa shape index (κ2) is 7.99. The number of aliphatic hydroxyl groups is 1. The standard InChI is InChI=1S/C19H23N3O2S/c1-22-12-9-19(24,10-13-22)14-21-17(23)16-8-5-11-20-18(16)25-15-6-3-2-4-7-15/h2-8,11,24H,9-10,12-14H2,1H3,(H,21,23). The second-order valence-electron chi connectivity index (χ2n) is 6.48. The zero-order valence-corrected chi connectivity index (χ0v) is 15.1. The van der Waals surface area contributed by atoms with Crippen LogP contribution in [0.2, 0.25) is 0 Å². The molecule has 0 bridgehead atoms. The van der Waals surface area contributed by atoms with Crippen molar-refractivity contribution in [2.75, 3.05) is 26.7 Å². The molecule has 1 aromatic carbocycles. The summed E-state index contributed by atoms with van der Waals surface area (Å²) in [5.74, 6) is -0.195. The second-order valence-corrected chi connectivity index (χ2v) is 7.54. The molecular formula is C19H23N3O2S. The van der Waals surface area contributed by atoms with Crippen molar-refractivity contribution in [1.82, 2.24) is 15.2 Å². The van der Waals surface area contributed by atoms with Crippen LogP contribution in [0, 0.1) is 0 Å². The lowest BCUT2D eigenvalue weighted by Gasteiger charge is -2.36. The van der Waals surface area contributed by atoms with E-state index in [2.05, 4.69) is 15.2 Å². The van der Waals surface area contributed by atoms with E-state index in [0.29, 0.717) is 23.4 Å². The molecule has 2 N–H and O–H groups in total. The molecule has 0 aliphatic carbocycles. The van der Waals surface area contributed by atoms with E-state index in [1.807, 2.05) is 37.4 Å². The molecule has 0 saturated carbocycles. The summed E-state index contributed by atoms with van der Waals surface area (Å²) in [5, 5.41) is 14.2. The van der Waals surface area contributed by atoms with Gasteiger partial charge in [0.2, 0.25) is 0 Å². The van der Waals surface area contributed by atoms with Crippen LogP contribution in [0.5, 0.6) is 0 Å². The van der Waals surface area contributed by atoms with E-state index in [0.717, 1.165) is 18.0 Å². The number of aromatic nitrogens is 1. The maximum Gasteiger partial charge on any atom is 0.254 e. The van der Waals surface area contributed by atoms with Crippen molar-refractivity contribution in [3.63, 3.8) is 0 Å². The molecule has 2 aromatic rings. The SMILES string of the molecule is CN1CCC(O)(CNC(=O)c2cccnc2Sc2ccccc2)CC1. The van der Waals surface area contributed by atoms with Crippen LogP contribution < -0.4 is 5.32 Å². The fourth-order valence-corrected chi connectivity index (χ4v) is 3.70. The molecule has 0 unspecified atom stereocenters. The number of carbonyl (C=O) groups excluding carboxylic acids is 1. The number of likely N-dealkylation sites (tertiary alicyclic amines) is 1. The average molecular weight is 357 g/mol. The Morgan fingerprint density at radius 3 is 2.68 bits per heavy atom. The van der Waals surface area contributed by atoms with Gasteiger partial charge in [-0.05, 0) is 44.2 Å². The van der Waals surface area contributed by atoms with E-state index in [1.54, 1.807) is 18.3 Å². The predicted octanol–water partition coefficient (Wildman–Crippen LogP) is 2.42. The Kier molecular flexibility index (Phi) is 5.73. The van der Waals surface area contributed by atoms with E-state index < -0.39 is 5.60 Å². The normalized spacial score (nSPS) is 17.2. The fraction of sp³-hybridized carbons (Fsp3) is 0.368. The molecule has 1 fully saturated rings. The topological polar surface area (TPSA) is 65.5 Å². The molecule has 25 heavy (non-hydrogen) atoms. The minimum absolute atomic E-state index is 0.195. The molecule has 6 heteroatoms. The minimum Gasteiger partial charge on any atom is -0.388 e. The monoisotopic (exact) mass is 357 g/mol. The van der Waals surface area contributed by atoms with Crippen LogP contribution in [0.15, 0.2) is 58.6 Å². The van der Waals surface area contributed by atoms with Crippen molar-refractivity contribution < 1.29 is 9.90 Å². The van der Waals surface area contributed by atoms with Gasteiger partial charge in [0, 0.05) is 30.7 Å². The lowest BCUT2D eigenvalue weighted by molar-refractivity contribution is -0.0135. The Balaban J connectivity index is 1.66. The summed E-state index contributed by atoms with van der Waals surface area (Å²) in [7, 11) is 2.04. The highest BCUT2D eigenvalue weighted by atomic mass is 32.2. The maximum atomic E-state index is 12.6. The number of benzene rings is 1. The molecule has 1 aromatic heterocycles. The van der Waals surface area contributed by atoms with Crippen molar-refractivity contribution in [2.45, 2.75) is 28.4 Å². The summed E-state index contributed by atoms with van der Waals surface area (Å²) in [5.41, 5.74) is -0.287. The fourth-order valence-electron chi connectivity index (χ4n) is 2.80. The zero-order chi connectivity index (χ0) is 17.7. The minimum atomic E-state index is -0.822. The van der Waals surface area contributed by atoms with Crippen molar-refractivity contribution in [2.24, 2.45) is 0 Å². The Labute approximate surface area is 152 Å². The molecule has 3 rings (SSSR count). The number of rotatable bonds is 5. The molecule has 1 amide bonds. The third-order valence-electron chi connectivity index (χ3n) is 4.47. The van der Waals surface area contributed by atoms with E-state index in [-0.39, 0.29) is 12.5 Å². The molecule has 1 saturated heterocycles. The molecule has 1 aliphatic rings. The third kappa shape index (κ3) is 4.81. The van der Waals surface area contributed by atoms with Crippen molar-refractivity contribution in [3.05, 3.63) is 54.2 Å². The van der Waals surface area contributed by atoms with E-state index >= 15 is 0 Å². The lowest BCUT2D eigenvalue weighted by atomic mass is 9.91. The maximum absolute atomic E-state index is 12.6. The van der Waals surface area contributed by atoms with Gasteiger partial charge in [0.25, 0.3) is 5.91 Å². The van der Waals surface area contributed by atoms with Crippen LogP contribution in [0.4, 0.5) is 0 Å². The number of nitrogens with zero attached hydrogens (tertiary/aromatic N) is 2. The largest absolute Gasteiger partial charge is 0.388 e. The summed E-state index contributed by atoms with van der Waals surface area (Å²) in [6, 6.07) is 13.4. The van der Waals surface area contributed by atoms with Crippen molar-refractivity contribution in [3.8, 4) is 0 Å². The first-order valence-electron chi connectivity index (χ1n) is 8.43. The Morgan fingerprint density at radius 1 is 1.24 bits per heavy atom. The summed E-state index contributed by atoms with van der Waals surface area (Å²) in [6.45, 7) is 1.95. The lowest BCUT2D eigenvalue weighted by Crippen LogP contribution is -2.50. The molecule has 0 radical (unpaired) electrons. The summed E-state index contributed by atoms with van der Waals surface area (Å²) in [6.07, 6.45) is 3.03. The smallest absolute Gasteiger partial charge is 0.254 e. The van der Waals surface area contributed by atoms with Gasteiger partial charge in [-0.25, -0.2) is 4.98 Å². The number of amides is 1. The zero-order valence-electron chi connectivity index (χ0n) is 14.3. The summed E-state index contributed by atoms with van der Waals surface area (Å²) >= 11 is 1.46. The van der Waals surface area contributed by atoms with Gasteiger partial charge in [0.05, 0.1) is 11.2 Å². The van der Waals surface area contributed by atoms with Crippen LogP contribution in [-0.2, 0) is 0 Å². The van der Waals surface area contributed by atoms with Crippen LogP contribution in [0.3, 0.4) is 0 Å². The average Bonchev–Trinajstić information content (AvgIpc) is 2.64. The van der Waals surface area contributed by atoms with Crippen LogP contribution in [0.25, 0.3) is 0 Å². The quantitative estimate of drug-likeness (QED) is 0.860. The molecule has 5 nitrogen and oxygen atoms in total. The van der Waals surface area contributed by atoms with Gasteiger partial charge in [-0.15, -0.1) is 0 Å². The van der Waals surface area contributed by atoms with Crippen molar-refractivity contribution >= 4 is 17.7 Å². The number of piperidine rings is 1. The Hall–Kier alpha value is -1.89.